The molecule has 0 aromatic heterocycles. The molecule has 0 amide bonds. The van der Waals surface area contributed by atoms with E-state index in [0.29, 0.717) is 0 Å². The van der Waals surface area contributed by atoms with Crippen LogP contribution in [0, 0.1) is 17.6 Å². The summed E-state index contributed by atoms with van der Waals surface area (Å²) in [6, 6.07) is 35.1. The number of halogens is 2. The molecule has 0 fully saturated rings. The quantitative estimate of drug-likeness (QED) is 0.227. The Bertz CT molecular complexity index is 1290. The van der Waals surface area contributed by atoms with E-state index in [9.17, 15) is 8.78 Å². The number of hydrogen-bond donors (Lipinski definition) is 0. The summed E-state index contributed by atoms with van der Waals surface area (Å²) in [6.45, 7) is 2.26. The van der Waals surface area contributed by atoms with Crippen molar-refractivity contribution in [3.63, 3.8) is 0 Å². The molecule has 0 N–H and O–H groups in total. The van der Waals surface area contributed by atoms with Crippen LogP contribution >= 0.6 is 16.0 Å². The highest BCUT2D eigenvalue weighted by atomic mass is 31.1. The minimum atomic E-state index is -0.993. The number of allylic oxidation sites excluding steroid dienone is 2. The molecule has 5 rings (SSSR count). The Morgan fingerprint density at radius 1 is 0.649 bits per heavy atom. The van der Waals surface area contributed by atoms with Crippen molar-refractivity contribution in [2.45, 2.75) is 13.0 Å². The zero-order valence-electron chi connectivity index (χ0n) is 20.9. The van der Waals surface area contributed by atoms with Crippen molar-refractivity contribution in [1.29, 1.82) is 0 Å². The number of hydrogen-bond acceptors (Lipinski definition) is 1. The maximum absolute atomic E-state index is 13.8. The van der Waals surface area contributed by atoms with Gasteiger partial charge in [-0.3, -0.25) is 4.67 Å². The van der Waals surface area contributed by atoms with E-state index in [1.807, 2.05) is 24.3 Å². The van der Waals surface area contributed by atoms with E-state index < -0.39 is 16.0 Å². The van der Waals surface area contributed by atoms with E-state index in [1.54, 1.807) is 0 Å². The Morgan fingerprint density at radius 3 is 1.57 bits per heavy atom. The molecule has 0 bridgehead atoms. The van der Waals surface area contributed by atoms with Crippen LogP contribution < -0.4 is 21.2 Å². The van der Waals surface area contributed by atoms with Crippen molar-refractivity contribution in [3.05, 3.63) is 144 Å². The smallest absolute Gasteiger partial charge is 0.123 e. The van der Waals surface area contributed by atoms with E-state index in [2.05, 4.69) is 97.5 Å². The van der Waals surface area contributed by atoms with Gasteiger partial charge in [-0.1, -0.05) is 103 Å². The second-order valence-corrected chi connectivity index (χ2v) is 13.6. The summed E-state index contributed by atoms with van der Waals surface area (Å²) in [5.74, 6) is -0.301. The Balaban J connectivity index is 1.51. The molecule has 4 aromatic rings. The van der Waals surface area contributed by atoms with Crippen LogP contribution in [-0.4, -0.2) is 17.8 Å². The van der Waals surface area contributed by atoms with Gasteiger partial charge in [-0.15, -0.1) is 0 Å². The topological polar surface area (TPSA) is 3.24 Å². The van der Waals surface area contributed by atoms with Gasteiger partial charge in [0.25, 0.3) is 0 Å². The van der Waals surface area contributed by atoms with Gasteiger partial charge in [0.1, 0.15) is 11.6 Å². The summed E-state index contributed by atoms with van der Waals surface area (Å²) in [7, 11) is 0.441. The van der Waals surface area contributed by atoms with Crippen LogP contribution in [0.5, 0.6) is 0 Å². The fourth-order valence-electron chi connectivity index (χ4n) is 4.81. The fourth-order valence-corrected chi connectivity index (χ4v) is 9.88. The normalized spacial score (nSPS) is 16.0. The molecule has 0 saturated heterocycles. The molecular weight excluding hydrogens is 498 g/mol. The van der Waals surface area contributed by atoms with Crippen molar-refractivity contribution in [1.82, 2.24) is 4.67 Å². The van der Waals surface area contributed by atoms with Gasteiger partial charge in [0.2, 0.25) is 0 Å². The predicted molar refractivity (Wildman–Crippen MR) is 156 cm³/mol. The molecule has 5 heteroatoms. The zero-order valence-corrected chi connectivity index (χ0v) is 22.7. The van der Waals surface area contributed by atoms with Gasteiger partial charge >= 0.3 is 0 Å². The summed E-state index contributed by atoms with van der Waals surface area (Å²) in [5.41, 5.74) is 0. The van der Waals surface area contributed by atoms with E-state index in [1.165, 1.54) is 40.2 Å². The first-order valence-corrected chi connectivity index (χ1v) is 15.0. The third-order valence-corrected chi connectivity index (χ3v) is 11.9. The molecule has 1 aliphatic rings. The average molecular weight is 528 g/mol. The highest BCUT2D eigenvalue weighted by molar-refractivity contribution is 7.76. The summed E-state index contributed by atoms with van der Waals surface area (Å²) in [5, 5.41) is 6.16. The highest BCUT2D eigenvalue weighted by Gasteiger charge is 2.34. The lowest BCUT2D eigenvalue weighted by molar-refractivity contribution is 0.380. The van der Waals surface area contributed by atoms with Gasteiger partial charge in [0.15, 0.2) is 0 Å². The van der Waals surface area contributed by atoms with Crippen molar-refractivity contribution in [2.75, 3.05) is 7.05 Å². The lowest BCUT2D eigenvalue weighted by Crippen LogP contribution is -2.37. The maximum Gasteiger partial charge on any atom is 0.123 e. The van der Waals surface area contributed by atoms with Crippen LogP contribution in [0.1, 0.15) is 6.92 Å². The molecule has 0 radical (unpaired) electrons. The van der Waals surface area contributed by atoms with E-state index in [-0.39, 0.29) is 23.6 Å². The Kier molecular flexibility index (Phi) is 8.06. The minimum absolute atomic E-state index is 0.156. The van der Waals surface area contributed by atoms with Crippen LogP contribution in [0.25, 0.3) is 0 Å². The van der Waals surface area contributed by atoms with Crippen molar-refractivity contribution in [3.8, 4) is 0 Å². The van der Waals surface area contributed by atoms with Gasteiger partial charge in [-0.2, -0.15) is 0 Å². The molecule has 1 unspecified atom stereocenters. The van der Waals surface area contributed by atoms with Gasteiger partial charge in [0, 0.05) is 20.0 Å². The molecule has 1 nitrogen and oxygen atoms in total. The fraction of sp³-hybridized carbons (Fsp3) is 0.125. The van der Waals surface area contributed by atoms with E-state index in [4.69, 9.17) is 0 Å². The first-order chi connectivity index (χ1) is 18.0. The zero-order chi connectivity index (χ0) is 25.8. The summed E-state index contributed by atoms with van der Waals surface area (Å²) in [6.07, 6.45) is 6.78. The number of nitrogens with zero attached hydrogens (tertiary/aromatic N) is 1. The number of rotatable bonds is 8. The maximum atomic E-state index is 13.8. The van der Waals surface area contributed by atoms with E-state index in [0.717, 1.165) is 10.6 Å². The van der Waals surface area contributed by atoms with Gasteiger partial charge < -0.3 is 0 Å². The Hall–Kier alpha value is -2.96. The second-order valence-electron chi connectivity index (χ2n) is 9.09. The van der Waals surface area contributed by atoms with Crippen molar-refractivity contribution >= 4 is 37.2 Å². The standard InChI is InChI=1S/C32H29F2NP2/c1-24(35(2)37(29-20-16-25(33)17-21-29)30-22-18-26(34)19-23-30)31-14-9-15-32(31)36(27-10-5-3-6-11-27)28-12-7-4-8-13-28/h3-24,31H,1-2H3/t24-,31?/m1/s1. The number of benzene rings is 4. The van der Waals surface area contributed by atoms with Crippen LogP contribution in [0.2, 0.25) is 0 Å². The van der Waals surface area contributed by atoms with Crippen LogP contribution in [-0.2, 0) is 0 Å². The Morgan fingerprint density at radius 2 is 1.11 bits per heavy atom. The van der Waals surface area contributed by atoms with E-state index >= 15 is 0 Å². The molecule has 0 saturated carbocycles. The third kappa shape index (κ3) is 5.65. The Labute approximate surface area is 220 Å². The highest BCUT2D eigenvalue weighted by Crippen LogP contribution is 2.52. The lowest BCUT2D eigenvalue weighted by atomic mass is 10.0. The molecule has 37 heavy (non-hydrogen) atoms. The van der Waals surface area contributed by atoms with Crippen LogP contribution in [0.15, 0.2) is 133 Å². The van der Waals surface area contributed by atoms with Gasteiger partial charge in [-0.25, -0.2) is 8.78 Å². The lowest BCUT2D eigenvalue weighted by Gasteiger charge is -2.38. The molecular formula is C32H29F2NP2. The monoisotopic (exact) mass is 527 g/mol. The summed E-state index contributed by atoms with van der Waals surface area (Å²) in [4.78, 5) is 0. The van der Waals surface area contributed by atoms with Gasteiger partial charge in [0.05, 0.1) is 0 Å². The molecule has 0 aliphatic heterocycles. The molecule has 1 aliphatic carbocycles. The molecule has 0 heterocycles. The third-order valence-electron chi connectivity index (χ3n) is 6.78. The first-order valence-electron chi connectivity index (χ1n) is 12.4. The molecule has 2 atom stereocenters. The van der Waals surface area contributed by atoms with Crippen LogP contribution in [0.4, 0.5) is 8.78 Å². The largest absolute Gasteiger partial charge is 0.274 e. The SMILES string of the molecule is C[C@H](C1C=CC=C1P(c1ccccc1)c1ccccc1)N(C)P(c1ccc(F)cc1)c1ccc(F)cc1. The molecule has 4 aromatic carbocycles. The molecule has 0 spiro atoms. The minimum Gasteiger partial charge on any atom is -0.274 e. The summed E-state index contributed by atoms with van der Waals surface area (Å²) < 4.78 is 30.0. The second kappa shape index (κ2) is 11.6. The molecule has 186 valence electrons. The van der Waals surface area contributed by atoms with Gasteiger partial charge in [-0.05, 0) is 72.7 Å². The van der Waals surface area contributed by atoms with Crippen molar-refractivity contribution in [2.24, 2.45) is 5.92 Å². The average Bonchev–Trinajstić information content (AvgIpc) is 3.41. The summed E-state index contributed by atoms with van der Waals surface area (Å²) >= 11 is 0. The first kappa shape index (κ1) is 25.7. The predicted octanol–water partition coefficient (Wildman–Crippen LogP) is 6.84. The van der Waals surface area contributed by atoms with Crippen LogP contribution in [0.3, 0.4) is 0 Å². The van der Waals surface area contributed by atoms with Crippen molar-refractivity contribution < 1.29 is 8.78 Å².